The average molecular weight is 217 g/mol. The van der Waals surface area contributed by atoms with Crippen LogP contribution in [0.4, 0.5) is 0 Å². The molecule has 2 heteroatoms. The zero-order valence-electron chi connectivity index (χ0n) is 10.2. The lowest BCUT2D eigenvalue weighted by Gasteiger charge is -2.23. The molecule has 1 aromatic carbocycles. The summed E-state index contributed by atoms with van der Waals surface area (Å²) in [6.07, 6.45) is 0.736. The maximum atomic E-state index is 11.9. The Bertz CT molecular complexity index is 368. The molecule has 1 unspecified atom stereocenters. The standard InChI is InChI=1S/C14H19NO/c1-11(2)14(16)13(15(3)4)10-12-8-6-5-7-9-12/h5-9,13H,1,10H2,2-4H3. The minimum Gasteiger partial charge on any atom is -0.299 e. The van der Waals surface area contributed by atoms with Crippen molar-refractivity contribution in [2.45, 2.75) is 19.4 Å². The zero-order valence-corrected chi connectivity index (χ0v) is 10.2. The molecule has 0 bridgehead atoms. The van der Waals surface area contributed by atoms with Crippen molar-refractivity contribution in [3.05, 3.63) is 48.0 Å². The predicted molar refractivity (Wildman–Crippen MR) is 67.4 cm³/mol. The van der Waals surface area contributed by atoms with Gasteiger partial charge in [-0.05, 0) is 38.6 Å². The molecule has 1 aromatic rings. The van der Waals surface area contributed by atoms with Crippen molar-refractivity contribution in [3.63, 3.8) is 0 Å². The number of rotatable bonds is 5. The average Bonchev–Trinajstić information content (AvgIpc) is 2.26. The Kier molecular flexibility index (Phi) is 4.44. The Morgan fingerprint density at radius 2 is 1.88 bits per heavy atom. The fourth-order valence-corrected chi connectivity index (χ4v) is 1.63. The minimum atomic E-state index is -0.111. The Hall–Kier alpha value is -1.41. The van der Waals surface area contributed by atoms with Gasteiger partial charge in [-0.2, -0.15) is 0 Å². The smallest absolute Gasteiger partial charge is 0.175 e. The Labute approximate surface area is 97.6 Å². The SMILES string of the molecule is C=C(C)C(=O)C(Cc1ccccc1)N(C)C. The van der Waals surface area contributed by atoms with Crippen LogP contribution in [0.25, 0.3) is 0 Å². The van der Waals surface area contributed by atoms with E-state index >= 15 is 0 Å². The Morgan fingerprint density at radius 1 is 1.31 bits per heavy atom. The molecule has 2 nitrogen and oxygen atoms in total. The van der Waals surface area contributed by atoms with Gasteiger partial charge in [0.15, 0.2) is 5.78 Å². The first-order chi connectivity index (χ1) is 7.52. The zero-order chi connectivity index (χ0) is 12.1. The van der Waals surface area contributed by atoms with Gasteiger partial charge in [0.05, 0.1) is 6.04 Å². The summed E-state index contributed by atoms with van der Waals surface area (Å²) in [6.45, 7) is 5.49. The summed E-state index contributed by atoms with van der Waals surface area (Å²) in [6, 6.07) is 9.94. The van der Waals surface area contributed by atoms with Crippen LogP contribution in [0.15, 0.2) is 42.5 Å². The maximum Gasteiger partial charge on any atom is 0.175 e. The topological polar surface area (TPSA) is 20.3 Å². The number of hydrogen-bond donors (Lipinski definition) is 0. The molecule has 0 aliphatic carbocycles. The largest absolute Gasteiger partial charge is 0.299 e. The third kappa shape index (κ3) is 3.31. The van der Waals surface area contributed by atoms with E-state index in [1.807, 2.05) is 49.3 Å². The van der Waals surface area contributed by atoms with Crippen LogP contribution in [-0.2, 0) is 11.2 Å². The van der Waals surface area contributed by atoms with Crippen LogP contribution in [0, 0.1) is 0 Å². The van der Waals surface area contributed by atoms with Gasteiger partial charge in [-0.1, -0.05) is 36.9 Å². The van der Waals surface area contributed by atoms with E-state index in [0.717, 1.165) is 6.42 Å². The Morgan fingerprint density at radius 3 is 2.31 bits per heavy atom. The summed E-state index contributed by atoms with van der Waals surface area (Å²) in [5.41, 5.74) is 1.80. The van der Waals surface area contributed by atoms with Crippen molar-refractivity contribution in [2.75, 3.05) is 14.1 Å². The quantitative estimate of drug-likeness (QED) is 0.705. The van der Waals surface area contributed by atoms with Gasteiger partial charge in [0.1, 0.15) is 0 Å². The lowest BCUT2D eigenvalue weighted by Crippen LogP contribution is -2.38. The van der Waals surface area contributed by atoms with Gasteiger partial charge in [0.2, 0.25) is 0 Å². The van der Waals surface area contributed by atoms with Crippen molar-refractivity contribution in [2.24, 2.45) is 0 Å². The molecule has 0 spiro atoms. The van der Waals surface area contributed by atoms with E-state index in [4.69, 9.17) is 0 Å². The van der Waals surface area contributed by atoms with E-state index in [-0.39, 0.29) is 11.8 Å². The second-order valence-corrected chi connectivity index (χ2v) is 4.31. The van der Waals surface area contributed by atoms with E-state index in [1.54, 1.807) is 6.92 Å². The van der Waals surface area contributed by atoms with Crippen molar-refractivity contribution in [1.29, 1.82) is 0 Å². The maximum absolute atomic E-state index is 11.9. The Balaban J connectivity index is 2.81. The molecular formula is C14H19NO. The van der Waals surface area contributed by atoms with Crippen LogP contribution >= 0.6 is 0 Å². The van der Waals surface area contributed by atoms with Crippen LogP contribution < -0.4 is 0 Å². The molecular weight excluding hydrogens is 198 g/mol. The molecule has 0 amide bonds. The highest BCUT2D eigenvalue weighted by atomic mass is 16.1. The second-order valence-electron chi connectivity index (χ2n) is 4.31. The number of likely N-dealkylation sites (N-methyl/N-ethyl adjacent to an activating group) is 1. The molecule has 1 rings (SSSR count). The fourth-order valence-electron chi connectivity index (χ4n) is 1.63. The summed E-state index contributed by atoms with van der Waals surface area (Å²) in [5, 5.41) is 0. The molecule has 0 saturated heterocycles. The number of carbonyl (C=O) groups excluding carboxylic acids is 1. The molecule has 1 atom stereocenters. The van der Waals surface area contributed by atoms with E-state index < -0.39 is 0 Å². The molecule has 0 heterocycles. The molecule has 86 valence electrons. The molecule has 0 aromatic heterocycles. The molecule has 0 aliphatic rings. The lowest BCUT2D eigenvalue weighted by molar-refractivity contribution is -0.119. The predicted octanol–water partition coefficient (Wildman–Crippen LogP) is 2.30. The number of hydrogen-bond acceptors (Lipinski definition) is 2. The van der Waals surface area contributed by atoms with Gasteiger partial charge in [0.25, 0.3) is 0 Å². The van der Waals surface area contributed by atoms with Crippen molar-refractivity contribution >= 4 is 5.78 Å². The number of benzene rings is 1. The van der Waals surface area contributed by atoms with Gasteiger partial charge >= 0.3 is 0 Å². The third-order valence-electron chi connectivity index (χ3n) is 2.62. The number of nitrogens with zero attached hydrogens (tertiary/aromatic N) is 1. The first kappa shape index (κ1) is 12.7. The highest BCUT2D eigenvalue weighted by Gasteiger charge is 2.21. The van der Waals surface area contributed by atoms with Crippen LogP contribution in [0.1, 0.15) is 12.5 Å². The van der Waals surface area contributed by atoms with Crippen molar-refractivity contribution in [1.82, 2.24) is 4.90 Å². The highest BCUT2D eigenvalue weighted by Crippen LogP contribution is 2.10. The lowest BCUT2D eigenvalue weighted by atomic mass is 9.98. The van der Waals surface area contributed by atoms with Gasteiger partial charge in [-0.25, -0.2) is 0 Å². The minimum absolute atomic E-state index is 0.111. The number of carbonyl (C=O) groups is 1. The number of Topliss-reactive ketones (excluding diaryl/α,β-unsaturated/α-hetero) is 1. The van der Waals surface area contributed by atoms with Crippen molar-refractivity contribution < 1.29 is 4.79 Å². The molecule has 0 saturated carbocycles. The first-order valence-corrected chi connectivity index (χ1v) is 5.42. The van der Waals surface area contributed by atoms with Crippen LogP contribution in [0.5, 0.6) is 0 Å². The van der Waals surface area contributed by atoms with E-state index in [9.17, 15) is 4.79 Å². The van der Waals surface area contributed by atoms with Gasteiger partial charge < -0.3 is 0 Å². The summed E-state index contributed by atoms with van der Waals surface area (Å²) >= 11 is 0. The van der Waals surface area contributed by atoms with Crippen molar-refractivity contribution in [3.8, 4) is 0 Å². The van der Waals surface area contributed by atoms with Gasteiger partial charge in [-0.3, -0.25) is 9.69 Å². The summed E-state index contributed by atoms with van der Waals surface area (Å²) < 4.78 is 0. The van der Waals surface area contributed by atoms with Crippen LogP contribution in [-0.4, -0.2) is 30.8 Å². The molecule has 0 N–H and O–H groups in total. The summed E-state index contributed by atoms with van der Waals surface area (Å²) in [4.78, 5) is 13.9. The van der Waals surface area contributed by atoms with Gasteiger partial charge in [0, 0.05) is 0 Å². The van der Waals surface area contributed by atoms with Gasteiger partial charge in [-0.15, -0.1) is 0 Å². The summed E-state index contributed by atoms with van der Waals surface area (Å²) in [7, 11) is 3.85. The van der Waals surface area contributed by atoms with Crippen LogP contribution in [0.3, 0.4) is 0 Å². The third-order valence-corrected chi connectivity index (χ3v) is 2.62. The highest BCUT2D eigenvalue weighted by molar-refractivity contribution is 5.98. The van der Waals surface area contributed by atoms with E-state index in [2.05, 4.69) is 6.58 Å². The fraction of sp³-hybridized carbons (Fsp3) is 0.357. The molecule has 0 radical (unpaired) electrons. The van der Waals surface area contributed by atoms with E-state index in [0.29, 0.717) is 5.57 Å². The molecule has 0 aliphatic heterocycles. The molecule has 0 fully saturated rings. The number of ketones is 1. The monoisotopic (exact) mass is 217 g/mol. The first-order valence-electron chi connectivity index (χ1n) is 5.42. The summed E-state index contributed by atoms with van der Waals surface area (Å²) in [5.74, 6) is 0.119. The van der Waals surface area contributed by atoms with E-state index in [1.165, 1.54) is 5.56 Å². The van der Waals surface area contributed by atoms with Crippen LogP contribution in [0.2, 0.25) is 0 Å². The normalized spacial score (nSPS) is 12.5. The molecule has 16 heavy (non-hydrogen) atoms. The second kappa shape index (κ2) is 5.61.